The van der Waals surface area contributed by atoms with Gasteiger partial charge in [0.2, 0.25) is 5.91 Å². The molecule has 1 aliphatic rings. The van der Waals surface area contributed by atoms with Crippen LogP contribution in [0.4, 0.5) is 5.69 Å². The fourth-order valence-corrected chi connectivity index (χ4v) is 3.53. The molecule has 1 fully saturated rings. The Morgan fingerprint density at radius 3 is 3.00 bits per heavy atom. The molecule has 110 valence electrons. The van der Waals surface area contributed by atoms with Crippen molar-refractivity contribution < 1.29 is 4.79 Å². The van der Waals surface area contributed by atoms with Gasteiger partial charge in [-0.15, -0.1) is 11.3 Å². The molecule has 1 saturated heterocycles. The Hall–Kier alpha value is -1.65. The summed E-state index contributed by atoms with van der Waals surface area (Å²) in [5.74, 6) is 0.262. The van der Waals surface area contributed by atoms with Crippen LogP contribution in [0.3, 0.4) is 0 Å². The summed E-state index contributed by atoms with van der Waals surface area (Å²) in [5.41, 5.74) is 2.04. The molecule has 0 saturated carbocycles. The Morgan fingerprint density at radius 1 is 1.33 bits per heavy atom. The predicted molar refractivity (Wildman–Crippen MR) is 88.6 cm³/mol. The van der Waals surface area contributed by atoms with E-state index in [1.54, 1.807) is 11.3 Å². The molecular weight excluding hydrogens is 280 g/mol. The van der Waals surface area contributed by atoms with Gasteiger partial charge in [-0.25, -0.2) is 0 Å². The quantitative estimate of drug-likeness (QED) is 0.906. The second-order valence-electron chi connectivity index (χ2n) is 5.62. The zero-order valence-electron chi connectivity index (χ0n) is 12.1. The SMILES string of the molecule is C[C@H]1C[C@@H](C(=O)Nc2cccc(-c3cccs3)c2)CCN1. The first-order valence-electron chi connectivity index (χ1n) is 7.40. The van der Waals surface area contributed by atoms with E-state index in [0.29, 0.717) is 6.04 Å². The van der Waals surface area contributed by atoms with E-state index in [4.69, 9.17) is 0 Å². The summed E-state index contributed by atoms with van der Waals surface area (Å²) in [5, 5.41) is 8.52. The van der Waals surface area contributed by atoms with Gasteiger partial charge >= 0.3 is 0 Å². The molecule has 0 radical (unpaired) electrons. The van der Waals surface area contributed by atoms with Gasteiger partial charge in [-0.05, 0) is 55.5 Å². The lowest BCUT2D eigenvalue weighted by atomic mass is 9.92. The molecule has 2 N–H and O–H groups in total. The van der Waals surface area contributed by atoms with Crippen LogP contribution in [-0.4, -0.2) is 18.5 Å². The maximum absolute atomic E-state index is 12.4. The van der Waals surface area contributed by atoms with Crippen molar-refractivity contribution in [1.82, 2.24) is 5.32 Å². The summed E-state index contributed by atoms with van der Waals surface area (Å²) in [6.07, 6.45) is 1.83. The Labute approximate surface area is 129 Å². The topological polar surface area (TPSA) is 41.1 Å². The van der Waals surface area contributed by atoms with Crippen LogP contribution in [0.25, 0.3) is 10.4 Å². The van der Waals surface area contributed by atoms with E-state index in [-0.39, 0.29) is 11.8 Å². The minimum Gasteiger partial charge on any atom is -0.326 e. The normalized spacial score (nSPS) is 22.0. The molecule has 3 rings (SSSR count). The van der Waals surface area contributed by atoms with E-state index in [0.717, 1.165) is 30.6 Å². The molecule has 0 bridgehead atoms. The van der Waals surface area contributed by atoms with E-state index in [1.165, 1.54) is 4.88 Å². The Balaban J connectivity index is 1.70. The average molecular weight is 300 g/mol. The minimum atomic E-state index is 0.117. The summed E-state index contributed by atoms with van der Waals surface area (Å²) in [6, 6.07) is 12.6. The van der Waals surface area contributed by atoms with Gasteiger partial charge in [-0.2, -0.15) is 0 Å². The highest BCUT2D eigenvalue weighted by Gasteiger charge is 2.24. The van der Waals surface area contributed by atoms with Crippen LogP contribution in [0.1, 0.15) is 19.8 Å². The number of nitrogens with one attached hydrogen (secondary N) is 2. The maximum atomic E-state index is 12.4. The second-order valence-corrected chi connectivity index (χ2v) is 6.57. The van der Waals surface area contributed by atoms with Gasteiger partial charge in [-0.1, -0.05) is 18.2 Å². The number of rotatable bonds is 3. The summed E-state index contributed by atoms with van der Waals surface area (Å²) >= 11 is 1.71. The summed E-state index contributed by atoms with van der Waals surface area (Å²) < 4.78 is 0. The maximum Gasteiger partial charge on any atom is 0.227 e. The van der Waals surface area contributed by atoms with Crippen LogP contribution < -0.4 is 10.6 Å². The summed E-state index contributed by atoms with van der Waals surface area (Å²) in [4.78, 5) is 13.6. The number of piperidine rings is 1. The van der Waals surface area contributed by atoms with E-state index in [1.807, 2.05) is 24.3 Å². The van der Waals surface area contributed by atoms with Crippen molar-refractivity contribution in [3.05, 3.63) is 41.8 Å². The molecule has 1 aromatic heterocycles. The molecule has 1 aliphatic heterocycles. The van der Waals surface area contributed by atoms with Crippen LogP contribution in [0.2, 0.25) is 0 Å². The van der Waals surface area contributed by atoms with Crippen molar-refractivity contribution in [2.24, 2.45) is 5.92 Å². The van der Waals surface area contributed by atoms with E-state index in [2.05, 4.69) is 35.1 Å². The summed E-state index contributed by atoms with van der Waals surface area (Å²) in [6.45, 7) is 3.06. The Morgan fingerprint density at radius 2 is 2.24 bits per heavy atom. The number of hydrogen-bond donors (Lipinski definition) is 2. The molecule has 0 spiro atoms. The largest absolute Gasteiger partial charge is 0.326 e. The molecule has 2 atom stereocenters. The number of hydrogen-bond acceptors (Lipinski definition) is 3. The van der Waals surface area contributed by atoms with E-state index in [9.17, 15) is 4.79 Å². The molecule has 21 heavy (non-hydrogen) atoms. The number of anilines is 1. The highest BCUT2D eigenvalue weighted by Crippen LogP contribution is 2.27. The number of benzene rings is 1. The van der Waals surface area contributed by atoms with Gasteiger partial charge in [0.15, 0.2) is 0 Å². The van der Waals surface area contributed by atoms with Crippen LogP contribution in [0.5, 0.6) is 0 Å². The highest BCUT2D eigenvalue weighted by molar-refractivity contribution is 7.13. The third kappa shape index (κ3) is 3.52. The lowest BCUT2D eigenvalue weighted by Crippen LogP contribution is -2.40. The molecule has 0 unspecified atom stereocenters. The van der Waals surface area contributed by atoms with Crippen molar-refractivity contribution in [2.45, 2.75) is 25.8 Å². The number of amides is 1. The van der Waals surface area contributed by atoms with Gasteiger partial charge < -0.3 is 10.6 Å². The average Bonchev–Trinajstić information content (AvgIpc) is 3.02. The highest BCUT2D eigenvalue weighted by atomic mass is 32.1. The predicted octanol–water partition coefficient (Wildman–Crippen LogP) is 3.74. The molecular formula is C17H20N2OS. The second kappa shape index (κ2) is 6.41. The standard InChI is InChI=1S/C17H20N2OS/c1-12-10-14(7-8-18-12)17(20)19-15-5-2-4-13(11-15)16-6-3-9-21-16/h2-6,9,11-12,14,18H,7-8,10H2,1H3,(H,19,20)/t12-,14-/m0/s1. The molecule has 0 aliphatic carbocycles. The molecule has 1 aromatic carbocycles. The Bertz CT molecular complexity index is 609. The zero-order chi connectivity index (χ0) is 14.7. The fourth-order valence-electron chi connectivity index (χ4n) is 2.81. The first-order valence-corrected chi connectivity index (χ1v) is 8.28. The lowest BCUT2D eigenvalue weighted by Gasteiger charge is -2.27. The van der Waals surface area contributed by atoms with Gasteiger partial charge in [-0.3, -0.25) is 4.79 Å². The molecule has 3 nitrogen and oxygen atoms in total. The summed E-state index contributed by atoms with van der Waals surface area (Å²) in [7, 11) is 0. The minimum absolute atomic E-state index is 0.117. The van der Waals surface area contributed by atoms with Crippen LogP contribution in [0.15, 0.2) is 41.8 Å². The lowest BCUT2D eigenvalue weighted by molar-refractivity contribution is -0.120. The van der Waals surface area contributed by atoms with Gasteiger partial charge in [0.25, 0.3) is 0 Å². The van der Waals surface area contributed by atoms with E-state index >= 15 is 0 Å². The number of thiophene rings is 1. The van der Waals surface area contributed by atoms with Crippen molar-refractivity contribution in [3.8, 4) is 10.4 Å². The van der Waals surface area contributed by atoms with Crippen LogP contribution >= 0.6 is 11.3 Å². The third-order valence-corrected chi connectivity index (χ3v) is 4.85. The van der Waals surface area contributed by atoms with E-state index < -0.39 is 0 Å². The van der Waals surface area contributed by atoms with Crippen molar-refractivity contribution in [3.63, 3.8) is 0 Å². The number of carbonyl (C=O) groups excluding carboxylic acids is 1. The van der Waals surface area contributed by atoms with Gasteiger partial charge in [0, 0.05) is 22.5 Å². The molecule has 2 heterocycles. The van der Waals surface area contributed by atoms with Gasteiger partial charge in [0.1, 0.15) is 0 Å². The Kier molecular flexibility index (Phi) is 4.36. The van der Waals surface area contributed by atoms with Crippen LogP contribution in [-0.2, 0) is 4.79 Å². The molecule has 2 aromatic rings. The monoisotopic (exact) mass is 300 g/mol. The molecule has 4 heteroatoms. The first-order chi connectivity index (χ1) is 10.2. The molecule has 1 amide bonds. The zero-order valence-corrected chi connectivity index (χ0v) is 13.0. The first kappa shape index (κ1) is 14.3. The van der Waals surface area contributed by atoms with Gasteiger partial charge in [0.05, 0.1) is 0 Å². The van der Waals surface area contributed by atoms with Crippen molar-refractivity contribution >= 4 is 22.9 Å². The number of carbonyl (C=O) groups is 1. The third-order valence-electron chi connectivity index (χ3n) is 3.93. The fraction of sp³-hybridized carbons (Fsp3) is 0.353. The van der Waals surface area contributed by atoms with Crippen LogP contribution in [0, 0.1) is 5.92 Å². The smallest absolute Gasteiger partial charge is 0.227 e. The van der Waals surface area contributed by atoms with Crippen molar-refractivity contribution in [2.75, 3.05) is 11.9 Å². The van der Waals surface area contributed by atoms with Crippen molar-refractivity contribution in [1.29, 1.82) is 0 Å².